The molecule has 0 radical (unpaired) electrons. The summed E-state index contributed by atoms with van der Waals surface area (Å²) in [6, 6.07) is 23.6. The van der Waals surface area contributed by atoms with Gasteiger partial charge in [-0.05, 0) is 61.3 Å². The lowest BCUT2D eigenvalue weighted by Gasteiger charge is -2.45. The first-order chi connectivity index (χ1) is 20.0. The molecule has 4 aromatic rings. The summed E-state index contributed by atoms with van der Waals surface area (Å²) in [5.41, 5.74) is 3.93. The zero-order chi connectivity index (χ0) is 28.2. The molecule has 6 rings (SSSR count). The summed E-state index contributed by atoms with van der Waals surface area (Å²) in [5.74, 6) is 0.932. The maximum atomic E-state index is 14.7. The van der Waals surface area contributed by atoms with Crippen LogP contribution in [0.15, 0.2) is 79.0 Å². The number of aryl methyl sites for hydroxylation is 2. The Morgan fingerprint density at radius 1 is 0.902 bits per heavy atom. The molecule has 3 aromatic carbocycles. The van der Waals surface area contributed by atoms with Crippen molar-refractivity contribution in [2.45, 2.75) is 45.1 Å². The number of para-hydroxylation sites is 2. The summed E-state index contributed by atoms with van der Waals surface area (Å²) in [6.45, 7) is 4.21. The fourth-order valence-electron chi connectivity index (χ4n) is 6.86. The Morgan fingerprint density at radius 3 is 2.51 bits per heavy atom. The summed E-state index contributed by atoms with van der Waals surface area (Å²) in [6.07, 6.45) is 8.23. The minimum absolute atomic E-state index is 0.0828. The van der Waals surface area contributed by atoms with Gasteiger partial charge in [0.2, 0.25) is 0 Å². The molecule has 1 fully saturated rings. The van der Waals surface area contributed by atoms with Gasteiger partial charge in [0.25, 0.3) is 5.91 Å². The van der Waals surface area contributed by atoms with Gasteiger partial charge in [0.05, 0.1) is 5.56 Å². The molecule has 6 heteroatoms. The molecule has 41 heavy (non-hydrogen) atoms. The number of aromatic nitrogens is 1. The topological polar surface area (TPSA) is 37.7 Å². The van der Waals surface area contributed by atoms with Crippen molar-refractivity contribution in [2.75, 3.05) is 32.8 Å². The lowest BCUT2D eigenvalue weighted by molar-refractivity contribution is 0.0360. The number of carbonyl (C=O) groups is 1. The van der Waals surface area contributed by atoms with Gasteiger partial charge in [-0.1, -0.05) is 61.0 Å². The van der Waals surface area contributed by atoms with Crippen molar-refractivity contribution in [2.24, 2.45) is 12.5 Å². The number of amides is 1. The first-order valence-corrected chi connectivity index (χ1v) is 15.0. The van der Waals surface area contributed by atoms with E-state index in [2.05, 4.69) is 29.2 Å². The number of piperidine rings is 1. The van der Waals surface area contributed by atoms with Crippen LogP contribution in [-0.2, 0) is 20.0 Å². The predicted octanol–water partition coefficient (Wildman–Crippen LogP) is 6.85. The average Bonchev–Trinajstić information content (AvgIpc) is 3.33. The molecule has 0 bridgehead atoms. The molecule has 0 unspecified atom stereocenters. The van der Waals surface area contributed by atoms with Crippen molar-refractivity contribution in [3.8, 4) is 5.75 Å². The Hall–Kier alpha value is -3.64. The molecule has 214 valence electrons. The Bertz CT molecular complexity index is 1500. The molecule has 3 heterocycles. The van der Waals surface area contributed by atoms with E-state index < -0.39 is 0 Å². The van der Waals surface area contributed by atoms with E-state index >= 15 is 0 Å². The Kier molecular flexibility index (Phi) is 8.11. The number of ether oxygens (including phenoxy) is 1. The second kappa shape index (κ2) is 12.1. The standard InChI is InChI=1S/C35H40FN3O2/c1-37-25-30(29-13-4-6-15-32(29)37)34(40)39-20-18-35(19-21-39)17-9-8-11-27-10-3-7-16-33(27)41-23-22-38(26-35)24-28-12-2-5-14-31(28)36/h2-7,10,12-16,25H,8-9,11,17-24,26H2,1H3. The van der Waals surface area contributed by atoms with Gasteiger partial charge >= 0.3 is 0 Å². The quantitative estimate of drug-likeness (QED) is 0.279. The third kappa shape index (κ3) is 6.03. The van der Waals surface area contributed by atoms with E-state index in [-0.39, 0.29) is 17.1 Å². The molecular formula is C35H40FN3O2. The first kappa shape index (κ1) is 27.5. The van der Waals surface area contributed by atoms with Crippen molar-refractivity contribution in [3.05, 3.63) is 102 Å². The van der Waals surface area contributed by atoms with Crippen LogP contribution in [0.5, 0.6) is 5.75 Å². The molecule has 1 amide bonds. The van der Waals surface area contributed by atoms with Crippen molar-refractivity contribution >= 4 is 16.8 Å². The number of likely N-dealkylation sites (tertiary alicyclic amines) is 1. The van der Waals surface area contributed by atoms with Crippen LogP contribution < -0.4 is 4.74 Å². The zero-order valence-corrected chi connectivity index (χ0v) is 24.0. The van der Waals surface area contributed by atoms with E-state index in [0.717, 1.165) is 92.5 Å². The normalized spacial score (nSPS) is 18.3. The van der Waals surface area contributed by atoms with Gasteiger partial charge in [-0.25, -0.2) is 4.39 Å². The van der Waals surface area contributed by atoms with Crippen molar-refractivity contribution in [1.82, 2.24) is 14.4 Å². The smallest absolute Gasteiger partial charge is 0.256 e. The number of carbonyl (C=O) groups excluding carboxylic acids is 1. The van der Waals surface area contributed by atoms with Gasteiger partial charge in [0, 0.05) is 62.4 Å². The molecular weight excluding hydrogens is 513 g/mol. The molecule has 0 N–H and O–H groups in total. The average molecular weight is 554 g/mol. The summed E-state index contributed by atoms with van der Waals surface area (Å²) in [7, 11) is 2.00. The molecule has 0 saturated carbocycles. The summed E-state index contributed by atoms with van der Waals surface area (Å²) in [5, 5.41) is 1.02. The third-order valence-electron chi connectivity index (χ3n) is 9.19. The number of nitrogens with zero attached hydrogens (tertiary/aromatic N) is 3. The van der Waals surface area contributed by atoms with Crippen LogP contribution in [0.1, 0.15) is 53.6 Å². The lowest BCUT2D eigenvalue weighted by Crippen LogP contribution is -2.48. The number of halogens is 1. The fraction of sp³-hybridized carbons (Fsp3) is 0.400. The SMILES string of the molecule is Cn1cc(C(=O)N2CCC3(CCCCc4ccccc4OCCN(Cc4ccccc4F)C3)CC2)c2ccccc21. The summed E-state index contributed by atoms with van der Waals surface area (Å²) >= 11 is 0. The van der Waals surface area contributed by atoms with E-state index in [1.807, 2.05) is 59.1 Å². The number of hydrogen-bond acceptors (Lipinski definition) is 3. The second-order valence-corrected chi connectivity index (χ2v) is 11.9. The zero-order valence-electron chi connectivity index (χ0n) is 24.0. The molecule has 1 saturated heterocycles. The Labute approximate surface area is 242 Å². The van der Waals surface area contributed by atoms with Gasteiger partial charge in [-0.3, -0.25) is 9.69 Å². The van der Waals surface area contributed by atoms with E-state index in [9.17, 15) is 9.18 Å². The molecule has 2 aliphatic heterocycles. The minimum atomic E-state index is -0.158. The fourth-order valence-corrected chi connectivity index (χ4v) is 6.86. The van der Waals surface area contributed by atoms with Gasteiger partial charge in [0.15, 0.2) is 0 Å². The lowest BCUT2D eigenvalue weighted by atomic mass is 9.73. The Morgan fingerprint density at radius 2 is 1.66 bits per heavy atom. The van der Waals surface area contributed by atoms with Crippen LogP contribution in [0.2, 0.25) is 0 Å². The highest BCUT2D eigenvalue weighted by molar-refractivity contribution is 6.07. The number of hydrogen-bond donors (Lipinski definition) is 0. The molecule has 5 nitrogen and oxygen atoms in total. The molecule has 1 aromatic heterocycles. The molecule has 1 spiro atoms. The highest BCUT2D eigenvalue weighted by Crippen LogP contribution is 2.39. The summed E-state index contributed by atoms with van der Waals surface area (Å²) < 4.78 is 23.1. The van der Waals surface area contributed by atoms with E-state index in [1.165, 1.54) is 5.56 Å². The predicted molar refractivity (Wildman–Crippen MR) is 162 cm³/mol. The van der Waals surface area contributed by atoms with Crippen LogP contribution in [0.25, 0.3) is 10.9 Å². The van der Waals surface area contributed by atoms with Gasteiger partial charge in [-0.15, -0.1) is 0 Å². The minimum Gasteiger partial charge on any atom is -0.492 e. The second-order valence-electron chi connectivity index (χ2n) is 11.9. The number of benzene rings is 3. The Balaban J connectivity index is 1.22. The molecule has 0 aliphatic carbocycles. The molecule has 2 aliphatic rings. The highest BCUT2D eigenvalue weighted by atomic mass is 19.1. The van der Waals surface area contributed by atoms with E-state index in [1.54, 1.807) is 12.1 Å². The van der Waals surface area contributed by atoms with Crippen LogP contribution >= 0.6 is 0 Å². The van der Waals surface area contributed by atoms with Crippen LogP contribution in [0.3, 0.4) is 0 Å². The van der Waals surface area contributed by atoms with Crippen LogP contribution in [0.4, 0.5) is 4.39 Å². The van der Waals surface area contributed by atoms with Crippen LogP contribution in [0, 0.1) is 11.2 Å². The first-order valence-electron chi connectivity index (χ1n) is 15.0. The number of rotatable bonds is 3. The highest BCUT2D eigenvalue weighted by Gasteiger charge is 2.38. The molecule has 0 atom stereocenters. The van der Waals surface area contributed by atoms with Crippen molar-refractivity contribution in [3.63, 3.8) is 0 Å². The summed E-state index contributed by atoms with van der Waals surface area (Å²) in [4.78, 5) is 18.1. The maximum absolute atomic E-state index is 14.7. The van der Waals surface area contributed by atoms with Gasteiger partial charge < -0.3 is 14.2 Å². The third-order valence-corrected chi connectivity index (χ3v) is 9.19. The van der Waals surface area contributed by atoms with Gasteiger partial charge in [-0.2, -0.15) is 0 Å². The van der Waals surface area contributed by atoms with Crippen LogP contribution in [-0.4, -0.2) is 53.1 Å². The monoisotopic (exact) mass is 553 g/mol. The van der Waals surface area contributed by atoms with Crippen molar-refractivity contribution in [1.29, 1.82) is 0 Å². The van der Waals surface area contributed by atoms with Gasteiger partial charge in [0.1, 0.15) is 18.2 Å². The van der Waals surface area contributed by atoms with E-state index in [4.69, 9.17) is 4.74 Å². The maximum Gasteiger partial charge on any atom is 0.256 e. The largest absolute Gasteiger partial charge is 0.492 e. The van der Waals surface area contributed by atoms with Crippen molar-refractivity contribution < 1.29 is 13.9 Å². The van der Waals surface area contributed by atoms with E-state index in [0.29, 0.717) is 13.2 Å². The number of fused-ring (bicyclic) bond motifs is 2.